The fraction of sp³-hybridized carbons (Fsp3) is 0.609. The fourth-order valence-electron chi connectivity index (χ4n) is 4.37. The van der Waals surface area contributed by atoms with Gasteiger partial charge >= 0.3 is 0 Å². The van der Waals surface area contributed by atoms with E-state index in [2.05, 4.69) is 53.1 Å². The Labute approximate surface area is 198 Å². The first-order valence-electron chi connectivity index (χ1n) is 11.6. The smallest absolute Gasteiger partial charge is 0.241 e. The third-order valence-electron chi connectivity index (χ3n) is 6.35. The lowest BCUT2D eigenvalue weighted by Crippen LogP contribution is -2.45. The van der Waals surface area contributed by atoms with Crippen molar-refractivity contribution in [2.45, 2.75) is 25.8 Å². The van der Waals surface area contributed by atoms with Gasteiger partial charge in [0.1, 0.15) is 0 Å². The van der Waals surface area contributed by atoms with Crippen molar-refractivity contribution in [1.29, 1.82) is 0 Å². The average molecular weight is 505 g/mol. The van der Waals surface area contributed by atoms with Crippen LogP contribution in [0.2, 0.25) is 0 Å². The fourth-order valence-corrected chi connectivity index (χ4v) is 4.63. The molecule has 0 aliphatic carbocycles. The number of hydrogen-bond acceptors (Lipinski definition) is 7. The third kappa shape index (κ3) is 6.60. The number of rotatable bonds is 8. The Kier molecular flexibility index (Phi) is 8.29. The summed E-state index contributed by atoms with van der Waals surface area (Å²) in [5.41, 5.74) is 0.927. The number of likely N-dealkylation sites (N-methyl/N-ethyl adjacent to an activating group) is 1. The van der Waals surface area contributed by atoms with Crippen LogP contribution in [0.3, 0.4) is 0 Å². The van der Waals surface area contributed by atoms with Crippen molar-refractivity contribution in [3.8, 4) is 11.4 Å². The minimum atomic E-state index is 0.0289. The van der Waals surface area contributed by atoms with Gasteiger partial charge in [0, 0.05) is 49.3 Å². The molecule has 2 aliphatic rings. The summed E-state index contributed by atoms with van der Waals surface area (Å²) in [5, 5.41) is 7.27. The molecule has 1 amide bonds. The Morgan fingerprint density at radius 2 is 1.94 bits per heavy atom. The zero-order valence-electron chi connectivity index (χ0n) is 18.8. The van der Waals surface area contributed by atoms with E-state index in [9.17, 15) is 4.79 Å². The van der Waals surface area contributed by atoms with Gasteiger partial charge in [0.25, 0.3) is 0 Å². The molecule has 1 N–H and O–H groups in total. The Bertz CT molecular complexity index is 866. The normalized spacial score (nSPS) is 21.0. The molecule has 1 atom stereocenters. The van der Waals surface area contributed by atoms with Gasteiger partial charge in [-0.15, -0.1) is 0 Å². The summed E-state index contributed by atoms with van der Waals surface area (Å²) in [6, 6.07) is 7.85. The molecular weight excluding hydrogens is 472 g/mol. The highest BCUT2D eigenvalue weighted by atomic mass is 79.9. The van der Waals surface area contributed by atoms with E-state index in [0.29, 0.717) is 18.3 Å². The van der Waals surface area contributed by atoms with Gasteiger partial charge in [0.15, 0.2) is 0 Å². The number of nitrogens with one attached hydrogen (secondary N) is 1. The minimum Gasteiger partial charge on any atom is -0.356 e. The van der Waals surface area contributed by atoms with E-state index in [-0.39, 0.29) is 11.8 Å². The van der Waals surface area contributed by atoms with Gasteiger partial charge in [0.05, 0.1) is 12.5 Å². The van der Waals surface area contributed by atoms with Gasteiger partial charge in [-0.1, -0.05) is 21.1 Å². The number of amides is 1. The van der Waals surface area contributed by atoms with Crippen LogP contribution in [0.1, 0.15) is 25.2 Å². The zero-order valence-corrected chi connectivity index (χ0v) is 20.4. The summed E-state index contributed by atoms with van der Waals surface area (Å²) in [5.74, 6) is 1.39. The number of carbonyl (C=O) groups is 1. The molecule has 2 saturated heterocycles. The molecule has 0 spiro atoms. The Hall–Kier alpha value is -1.81. The van der Waals surface area contributed by atoms with Gasteiger partial charge in [-0.2, -0.15) is 4.98 Å². The molecule has 4 rings (SSSR count). The summed E-state index contributed by atoms with van der Waals surface area (Å²) in [6.07, 6.45) is 2.95. The van der Waals surface area contributed by atoms with Crippen LogP contribution in [0.4, 0.5) is 0 Å². The molecule has 3 heterocycles. The van der Waals surface area contributed by atoms with Gasteiger partial charge in [-0.05, 0) is 63.7 Å². The molecule has 2 fully saturated rings. The average Bonchev–Trinajstić information content (AvgIpc) is 3.27. The van der Waals surface area contributed by atoms with E-state index in [1.165, 1.54) is 0 Å². The lowest BCUT2D eigenvalue weighted by Gasteiger charge is -2.32. The lowest BCUT2D eigenvalue weighted by molar-refractivity contribution is -0.126. The molecule has 8 nitrogen and oxygen atoms in total. The molecule has 9 heteroatoms. The largest absolute Gasteiger partial charge is 0.356 e. The lowest BCUT2D eigenvalue weighted by atomic mass is 9.97. The van der Waals surface area contributed by atoms with Gasteiger partial charge < -0.3 is 19.6 Å². The second kappa shape index (κ2) is 11.4. The van der Waals surface area contributed by atoms with Crippen molar-refractivity contribution < 1.29 is 9.32 Å². The molecule has 0 radical (unpaired) electrons. The molecule has 1 aromatic carbocycles. The molecule has 0 saturated carbocycles. The third-order valence-corrected chi connectivity index (χ3v) is 6.88. The highest BCUT2D eigenvalue weighted by Crippen LogP contribution is 2.21. The van der Waals surface area contributed by atoms with E-state index in [4.69, 9.17) is 4.52 Å². The minimum absolute atomic E-state index is 0.0289. The molecule has 1 aromatic heterocycles. The number of aromatic nitrogens is 2. The number of benzene rings is 1. The van der Waals surface area contributed by atoms with Crippen LogP contribution in [0, 0.1) is 5.92 Å². The quantitative estimate of drug-likeness (QED) is 0.553. The first-order valence-corrected chi connectivity index (χ1v) is 12.4. The first-order chi connectivity index (χ1) is 15.6. The maximum Gasteiger partial charge on any atom is 0.241 e. The van der Waals surface area contributed by atoms with Crippen LogP contribution in [0.25, 0.3) is 11.4 Å². The number of halogens is 1. The highest BCUT2D eigenvalue weighted by molar-refractivity contribution is 9.10. The summed E-state index contributed by atoms with van der Waals surface area (Å²) in [6.45, 7) is 8.59. The van der Waals surface area contributed by atoms with Crippen LogP contribution in [-0.2, 0) is 11.3 Å². The predicted octanol–water partition coefficient (Wildman–Crippen LogP) is 2.46. The van der Waals surface area contributed by atoms with E-state index >= 15 is 0 Å². The molecule has 0 bridgehead atoms. The second-order valence-corrected chi connectivity index (χ2v) is 9.80. The SMILES string of the molecule is CN1CCN(CCCNC(=O)C2CCCN(Cc3nc(-c4ccc(Br)cc4)no3)C2)CC1. The summed E-state index contributed by atoms with van der Waals surface area (Å²) in [4.78, 5) is 24.3. The van der Waals surface area contributed by atoms with E-state index < -0.39 is 0 Å². The zero-order chi connectivity index (χ0) is 22.3. The van der Waals surface area contributed by atoms with Crippen LogP contribution in [0.5, 0.6) is 0 Å². The maximum absolute atomic E-state index is 12.7. The van der Waals surface area contributed by atoms with Crippen molar-refractivity contribution in [2.75, 3.05) is 59.4 Å². The van der Waals surface area contributed by atoms with Crippen LogP contribution in [-0.4, -0.2) is 90.2 Å². The Balaban J connectivity index is 1.19. The Morgan fingerprint density at radius 1 is 1.16 bits per heavy atom. The second-order valence-electron chi connectivity index (χ2n) is 8.88. The molecule has 174 valence electrons. The first kappa shape index (κ1) is 23.4. The topological polar surface area (TPSA) is 77.7 Å². The molecule has 1 unspecified atom stereocenters. The summed E-state index contributed by atoms with van der Waals surface area (Å²) in [7, 11) is 2.17. The van der Waals surface area contributed by atoms with E-state index in [1.807, 2.05) is 24.3 Å². The van der Waals surface area contributed by atoms with Crippen molar-refractivity contribution in [3.63, 3.8) is 0 Å². The van der Waals surface area contributed by atoms with Crippen molar-refractivity contribution >= 4 is 21.8 Å². The maximum atomic E-state index is 12.7. The number of piperidine rings is 1. The van der Waals surface area contributed by atoms with Crippen LogP contribution in [0.15, 0.2) is 33.3 Å². The Morgan fingerprint density at radius 3 is 2.72 bits per heavy atom. The van der Waals surface area contributed by atoms with Crippen molar-refractivity contribution in [2.24, 2.45) is 5.92 Å². The number of piperazine rings is 1. The van der Waals surface area contributed by atoms with E-state index in [0.717, 1.165) is 81.7 Å². The molecule has 32 heavy (non-hydrogen) atoms. The molecular formula is C23H33BrN6O2. The van der Waals surface area contributed by atoms with Crippen LogP contribution >= 0.6 is 15.9 Å². The van der Waals surface area contributed by atoms with E-state index in [1.54, 1.807) is 0 Å². The van der Waals surface area contributed by atoms with Gasteiger partial charge in [-0.3, -0.25) is 9.69 Å². The predicted molar refractivity (Wildman–Crippen MR) is 127 cm³/mol. The standard InChI is InChI=1S/C23H33BrN6O2/c1-28-12-14-29(15-13-28)11-3-9-25-23(31)19-4-2-10-30(16-19)17-21-26-22(27-32-21)18-5-7-20(24)8-6-18/h5-8,19H,2-4,9-17H2,1H3,(H,25,31). The van der Waals surface area contributed by atoms with Gasteiger partial charge in [0.2, 0.25) is 17.6 Å². The monoisotopic (exact) mass is 504 g/mol. The van der Waals surface area contributed by atoms with Crippen molar-refractivity contribution in [3.05, 3.63) is 34.6 Å². The summed E-state index contributed by atoms with van der Waals surface area (Å²) < 4.78 is 6.48. The van der Waals surface area contributed by atoms with Gasteiger partial charge in [-0.25, -0.2) is 0 Å². The number of hydrogen-bond donors (Lipinski definition) is 1. The number of likely N-dealkylation sites (tertiary alicyclic amines) is 1. The molecule has 2 aromatic rings. The number of nitrogens with zero attached hydrogens (tertiary/aromatic N) is 5. The van der Waals surface area contributed by atoms with Crippen LogP contribution < -0.4 is 5.32 Å². The summed E-state index contributed by atoms with van der Waals surface area (Å²) >= 11 is 3.44. The molecule has 2 aliphatic heterocycles. The van der Waals surface area contributed by atoms with Crippen molar-refractivity contribution in [1.82, 2.24) is 30.2 Å². The highest BCUT2D eigenvalue weighted by Gasteiger charge is 2.26. The number of carbonyl (C=O) groups excluding carboxylic acids is 1.